The van der Waals surface area contributed by atoms with Gasteiger partial charge in [-0.15, -0.1) is 0 Å². The molecule has 2 aromatic rings. The third-order valence-electron chi connectivity index (χ3n) is 2.79. The average Bonchev–Trinajstić information content (AvgIpc) is 2.48. The summed E-state index contributed by atoms with van der Waals surface area (Å²) in [7, 11) is 0. The highest BCUT2D eigenvalue weighted by atomic mass is 19.1. The van der Waals surface area contributed by atoms with Gasteiger partial charge in [-0.25, -0.2) is 4.39 Å². The second-order valence-electron chi connectivity index (χ2n) is 4.29. The molecule has 0 fully saturated rings. The van der Waals surface area contributed by atoms with Crippen LogP contribution in [-0.4, -0.2) is 11.0 Å². The van der Waals surface area contributed by atoms with Crippen LogP contribution >= 0.6 is 0 Å². The predicted molar refractivity (Wildman–Crippen MR) is 74.3 cm³/mol. The molecule has 2 rings (SSSR count). The summed E-state index contributed by atoms with van der Waals surface area (Å²) in [4.78, 5) is 0. The van der Waals surface area contributed by atoms with E-state index in [-0.39, 0.29) is 18.3 Å². The molecule has 0 amide bonds. The SMILES string of the molecule is N/C(Cc1ccc(OCc2ccccc2F)cc1)=N\O. The summed E-state index contributed by atoms with van der Waals surface area (Å²) in [5, 5.41) is 11.4. The molecule has 0 bridgehead atoms. The Kier molecular flexibility index (Phi) is 4.55. The molecule has 4 nitrogen and oxygen atoms in total. The van der Waals surface area contributed by atoms with E-state index >= 15 is 0 Å². The summed E-state index contributed by atoms with van der Waals surface area (Å²) in [6, 6.07) is 13.6. The molecule has 2 aromatic carbocycles. The summed E-state index contributed by atoms with van der Waals surface area (Å²) in [5.41, 5.74) is 6.83. The number of nitrogens with two attached hydrogens (primary N) is 1. The standard InChI is InChI=1S/C15H15FN2O2/c16-14-4-2-1-3-12(14)10-20-13-7-5-11(6-8-13)9-15(17)18-19/h1-8,19H,9-10H2,(H2,17,18). The summed E-state index contributed by atoms with van der Waals surface area (Å²) in [5.74, 6) is 0.498. The molecule has 0 radical (unpaired) electrons. The number of amidine groups is 1. The quantitative estimate of drug-likeness (QED) is 0.381. The molecule has 0 aliphatic heterocycles. The molecule has 3 N–H and O–H groups in total. The van der Waals surface area contributed by atoms with Gasteiger partial charge in [-0.1, -0.05) is 35.5 Å². The molecule has 0 saturated heterocycles. The number of rotatable bonds is 5. The Morgan fingerprint density at radius 2 is 1.85 bits per heavy atom. The number of ether oxygens (including phenoxy) is 1. The molecular weight excluding hydrogens is 259 g/mol. The van der Waals surface area contributed by atoms with E-state index in [4.69, 9.17) is 15.7 Å². The highest BCUT2D eigenvalue weighted by Crippen LogP contribution is 2.15. The number of hydrogen-bond donors (Lipinski definition) is 2. The lowest BCUT2D eigenvalue weighted by molar-refractivity contribution is 0.300. The van der Waals surface area contributed by atoms with Crippen molar-refractivity contribution in [3.8, 4) is 5.75 Å². The van der Waals surface area contributed by atoms with Crippen LogP contribution in [0, 0.1) is 5.82 Å². The third kappa shape index (κ3) is 3.71. The summed E-state index contributed by atoms with van der Waals surface area (Å²) < 4.78 is 18.9. The van der Waals surface area contributed by atoms with Crippen molar-refractivity contribution in [2.75, 3.05) is 0 Å². The lowest BCUT2D eigenvalue weighted by Crippen LogP contribution is -2.14. The van der Waals surface area contributed by atoms with E-state index in [9.17, 15) is 4.39 Å². The van der Waals surface area contributed by atoms with Crippen LogP contribution < -0.4 is 10.5 Å². The van der Waals surface area contributed by atoms with Gasteiger partial charge >= 0.3 is 0 Å². The van der Waals surface area contributed by atoms with Crippen LogP contribution in [0.25, 0.3) is 0 Å². The average molecular weight is 274 g/mol. The molecule has 0 atom stereocenters. The Morgan fingerprint density at radius 3 is 2.50 bits per heavy atom. The first-order chi connectivity index (χ1) is 9.69. The number of oxime groups is 1. The molecule has 20 heavy (non-hydrogen) atoms. The Bertz CT molecular complexity index is 597. The van der Waals surface area contributed by atoms with Crippen LogP contribution in [0.5, 0.6) is 5.75 Å². The van der Waals surface area contributed by atoms with Crippen LogP contribution in [0.15, 0.2) is 53.7 Å². The lowest BCUT2D eigenvalue weighted by Gasteiger charge is -2.08. The molecule has 104 valence electrons. The van der Waals surface area contributed by atoms with Gasteiger partial charge in [0.2, 0.25) is 0 Å². The first kappa shape index (κ1) is 13.9. The van der Waals surface area contributed by atoms with Crippen molar-refractivity contribution < 1.29 is 14.3 Å². The lowest BCUT2D eigenvalue weighted by atomic mass is 10.1. The van der Waals surface area contributed by atoms with E-state index in [2.05, 4.69) is 5.16 Å². The maximum absolute atomic E-state index is 13.4. The Morgan fingerprint density at radius 1 is 1.15 bits per heavy atom. The maximum Gasteiger partial charge on any atom is 0.143 e. The second-order valence-corrected chi connectivity index (χ2v) is 4.29. The van der Waals surface area contributed by atoms with E-state index < -0.39 is 0 Å². The number of nitrogens with zero attached hydrogens (tertiary/aromatic N) is 1. The summed E-state index contributed by atoms with van der Waals surface area (Å²) in [6.07, 6.45) is 0.365. The van der Waals surface area contributed by atoms with Gasteiger partial charge in [0.25, 0.3) is 0 Å². The zero-order valence-electron chi connectivity index (χ0n) is 10.8. The molecule has 0 aliphatic carbocycles. The summed E-state index contributed by atoms with van der Waals surface area (Å²) >= 11 is 0. The van der Waals surface area contributed by atoms with E-state index in [1.807, 2.05) is 12.1 Å². The topological polar surface area (TPSA) is 67.8 Å². The molecule has 0 heterocycles. The molecule has 0 saturated carbocycles. The van der Waals surface area contributed by atoms with Crippen molar-refractivity contribution in [2.45, 2.75) is 13.0 Å². The number of benzene rings is 2. The Hall–Kier alpha value is -2.56. The van der Waals surface area contributed by atoms with Gasteiger partial charge < -0.3 is 15.7 Å². The van der Waals surface area contributed by atoms with E-state index in [1.54, 1.807) is 30.3 Å². The van der Waals surface area contributed by atoms with Crippen molar-refractivity contribution in [1.29, 1.82) is 0 Å². The molecule has 0 unspecified atom stereocenters. The molecule has 0 spiro atoms. The van der Waals surface area contributed by atoms with Crippen LogP contribution in [0.4, 0.5) is 4.39 Å². The highest BCUT2D eigenvalue weighted by molar-refractivity contribution is 5.82. The monoisotopic (exact) mass is 274 g/mol. The fourth-order valence-electron chi connectivity index (χ4n) is 1.72. The minimum atomic E-state index is -0.281. The first-order valence-corrected chi connectivity index (χ1v) is 6.10. The van der Waals surface area contributed by atoms with Crippen LogP contribution in [0.3, 0.4) is 0 Å². The van der Waals surface area contributed by atoms with Gasteiger partial charge in [0.1, 0.15) is 24.0 Å². The number of hydrogen-bond acceptors (Lipinski definition) is 3. The van der Waals surface area contributed by atoms with Gasteiger partial charge in [0, 0.05) is 12.0 Å². The maximum atomic E-state index is 13.4. The van der Waals surface area contributed by atoms with Gasteiger partial charge in [-0.05, 0) is 23.8 Å². The Labute approximate surface area is 116 Å². The minimum absolute atomic E-state index is 0.144. The number of halogens is 1. The Balaban J connectivity index is 1.96. The van der Waals surface area contributed by atoms with Crippen LogP contribution in [0.2, 0.25) is 0 Å². The molecule has 5 heteroatoms. The van der Waals surface area contributed by atoms with E-state index in [0.717, 1.165) is 5.56 Å². The first-order valence-electron chi connectivity index (χ1n) is 6.10. The zero-order chi connectivity index (χ0) is 14.4. The normalized spacial score (nSPS) is 11.3. The summed E-state index contributed by atoms with van der Waals surface area (Å²) in [6.45, 7) is 0.173. The smallest absolute Gasteiger partial charge is 0.143 e. The van der Waals surface area contributed by atoms with E-state index in [1.165, 1.54) is 6.07 Å². The molecule has 0 aliphatic rings. The van der Waals surface area contributed by atoms with Crippen molar-refractivity contribution >= 4 is 5.84 Å². The van der Waals surface area contributed by atoms with Crippen molar-refractivity contribution in [3.63, 3.8) is 0 Å². The highest BCUT2D eigenvalue weighted by Gasteiger charge is 2.02. The van der Waals surface area contributed by atoms with Crippen molar-refractivity contribution in [3.05, 3.63) is 65.5 Å². The van der Waals surface area contributed by atoms with Crippen molar-refractivity contribution in [1.82, 2.24) is 0 Å². The second kappa shape index (κ2) is 6.56. The van der Waals surface area contributed by atoms with Gasteiger partial charge in [0.15, 0.2) is 0 Å². The van der Waals surface area contributed by atoms with Gasteiger partial charge in [-0.3, -0.25) is 0 Å². The minimum Gasteiger partial charge on any atom is -0.489 e. The third-order valence-corrected chi connectivity index (χ3v) is 2.79. The fourth-order valence-corrected chi connectivity index (χ4v) is 1.72. The predicted octanol–water partition coefficient (Wildman–Crippen LogP) is 2.69. The van der Waals surface area contributed by atoms with Crippen LogP contribution in [-0.2, 0) is 13.0 Å². The molecule has 0 aromatic heterocycles. The van der Waals surface area contributed by atoms with Crippen LogP contribution in [0.1, 0.15) is 11.1 Å². The molecular formula is C15H15FN2O2. The van der Waals surface area contributed by atoms with Crippen molar-refractivity contribution in [2.24, 2.45) is 10.9 Å². The zero-order valence-corrected chi connectivity index (χ0v) is 10.8. The van der Waals surface area contributed by atoms with Gasteiger partial charge in [0.05, 0.1) is 0 Å². The van der Waals surface area contributed by atoms with E-state index in [0.29, 0.717) is 17.7 Å². The largest absolute Gasteiger partial charge is 0.489 e. The fraction of sp³-hybridized carbons (Fsp3) is 0.133. The van der Waals surface area contributed by atoms with Gasteiger partial charge in [-0.2, -0.15) is 0 Å².